The Morgan fingerprint density at radius 3 is 1.94 bits per heavy atom. The molecular formula is C59H65BN2O. The van der Waals surface area contributed by atoms with Gasteiger partial charge in [0.2, 0.25) is 0 Å². The molecule has 320 valence electrons. The fraction of sp³-hybridized carbons (Fsp3) is 0.356. The van der Waals surface area contributed by atoms with Gasteiger partial charge in [0.1, 0.15) is 5.58 Å². The minimum atomic E-state index is -0.117. The second-order valence-corrected chi connectivity index (χ2v) is 22.3. The van der Waals surface area contributed by atoms with Crippen LogP contribution in [-0.4, -0.2) is 6.71 Å². The third kappa shape index (κ3) is 6.52. The van der Waals surface area contributed by atoms with Crippen LogP contribution in [0.15, 0.2) is 114 Å². The van der Waals surface area contributed by atoms with E-state index >= 15 is 0 Å². The number of benzene rings is 6. The maximum Gasteiger partial charge on any atom is 0.297 e. The number of aryl methyl sites for hydroxylation is 3. The van der Waals surface area contributed by atoms with Crippen LogP contribution in [0.5, 0.6) is 0 Å². The molecule has 0 spiro atoms. The smallest absolute Gasteiger partial charge is 0.297 e. The average molecular weight is 829 g/mol. The summed E-state index contributed by atoms with van der Waals surface area (Å²) < 4.78 is 7.62. The van der Waals surface area contributed by atoms with Gasteiger partial charge < -0.3 is 14.2 Å². The van der Waals surface area contributed by atoms with E-state index in [0.29, 0.717) is 0 Å². The predicted octanol–water partition coefficient (Wildman–Crippen LogP) is 14.8. The van der Waals surface area contributed by atoms with Crippen LogP contribution in [0.2, 0.25) is 0 Å². The molecule has 0 unspecified atom stereocenters. The monoisotopic (exact) mass is 829 g/mol. The van der Waals surface area contributed by atoms with Gasteiger partial charge in [-0.25, -0.2) is 0 Å². The summed E-state index contributed by atoms with van der Waals surface area (Å²) in [6.07, 6.45) is 4.56. The molecule has 3 heterocycles. The van der Waals surface area contributed by atoms with Gasteiger partial charge in [-0.05, 0) is 166 Å². The van der Waals surface area contributed by atoms with Crippen LogP contribution in [0.1, 0.15) is 134 Å². The molecule has 3 nitrogen and oxygen atoms in total. The summed E-state index contributed by atoms with van der Waals surface area (Å²) in [6.45, 7) is 30.5. The zero-order chi connectivity index (χ0) is 44.5. The Morgan fingerprint density at radius 2 is 1.29 bits per heavy atom. The van der Waals surface area contributed by atoms with E-state index in [1.807, 2.05) is 0 Å². The lowest BCUT2D eigenvalue weighted by molar-refractivity contribution is 0.332. The Labute approximate surface area is 377 Å². The quantitative estimate of drug-likeness (QED) is 0.156. The van der Waals surface area contributed by atoms with Crippen molar-refractivity contribution in [2.45, 2.75) is 137 Å². The number of hydrogen-bond acceptors (Lipinski definition) is 3. The van der Waals surface area contributed by atoms with Crippen molar-refractivity contribution in [3.8, 4) is 11.1 Å². The van der Waals surface area contributed by atoms with Gasteiger partial charge in [-0.15, -0.1) is 0 Å². The van der Waals surface area contributed by atoms with Crippen LogP contribution >= 0.6 is 0 Å². The molecule has 1 aliphatic carbocycles. The second kappa shape index (κ2) is 14.3. The third-order valence-corrected chi connectivity index (χ3v) is 15.2. The van der Waals surface area contributed by atoms with E-state index in [9.17, 15) is 0 Å². The van der Waals surface area contributed by atoms with Gasteiger partial charge in [-0.2, -0.15) is 0 Å². The number of anilines is 6. The molecule has 4 heteroatoms. The fourth-order valence-electron chi connectivity index (χ4n) is 11.6. The highest BCUT2D eigenvalue weighted by molar-refractivity contribution is 7.00. The normalized spacial score (nSPS) is 16.2. The highest BCUT2D eigenvalue weighted by Crippen LogP contribution is 2.53. The topological polar surface area (TPSA) is 19.6 Å². The standard InChI is InChI=1S/C59H65BN2O/c1-14-26-57(8,9)44-34-47-49(32-38(44)4)61(41-23-21-40(22-24-41)56(5,6)7)50-30-37(3)31-51-53(50)60(47)55-54(62(51)48-29-36(2)20-25-42(48)39-18-16-15-17-19-39)43-33-45-46(35-52(43)63-55)59(12,13)28-27-58(45,10)11/h15-25,29-35H,14,26-28H2,1-13H3. The van der Waals surface area contributed by atoms with E-state index in [0.717, 1.165) is 36.9 Å². The van der Waals surface area contributed by atoms with Gasteiger partial charge >= 0.3 is 0 Å². The number of nitrogens with zero attached hydrogens (tertiary/aromatic N) is 2. The Kier molecular flexibility index (Phi) is 9.40. The maximum atomic E-state index is 7.62. The molecule has 0 bridgehead atoms. The summed E-state index contributed by atoms with van der Waals surface area (Å²) >= 11 is 0. The van der Waals surface area contributed by atoms with Gasteiger partial charge in [-0.1, -0.05) is 136 Å². The zero-order valence-electron chi connectivity index (χ0n) is 40.1. The van der Waals surface area contributed by atoms with E-state index in [1.165, 1.54) is 101 Å². The summed E-state index contributed by atoms with van der Waals surface area (Å²) in [6, 6.07) is 42.2. The SMILES string of the molecule is CCCC(C)(C)c1cc2c(cc1C)N(c1ccc(C(C)(C)C)cc1)c1cc(C)cc3c1B2c1oc2cc4c(cc2c1N3c1cc(C)ccc1-c1ccccc1)C(C)(C)CCC4(C)C. The first-order valence-electron chi connectivity index (χ1n) is 23.6. The van der Waals surface area contributed by atoms with E-state index in [-0.39, 0.29) is 28.4 Å². The van der Waals surface area contributed by atoms with Crippen molar-refractivity contribution in [3.05, 3.63) is 148 Å². The van der Waals surface area contributed by atoms with Crippen LogP contribution in [0.4, 0.5) is 34.1 Å². The van der Waals surface area contributed by atoms with Crippen LogP contribution in [-0.2, 0) is 21.7 Å². The molecule has 0 fully saturated rings. The second-order valence-electron chi connectivity index (χ2n) is 22.3. The van der Waals surface area contributed by atoms with E-state index in [1.54, 1.807) is 0 Å². The molecule has 7 aromatic rings. The molecule has 0 atom stereocenters. The fourth-order valence-corrected chi connectivity index (χ4v) is 11.6. The first-order chi connectivity index (χ1) is 29.8. The minimum absolute atomic E-state index is 0.00319. The Morgan fingerprint density at radius 1 is 0.651 bits per heavy atom. The van der Waals surface area contributed by atoms with E-state index in [4.69, 9.17) is 4.42 Å². The van der Waals surface area contributed by atoms with Crippen molar-refractivity contribution in [1.82, 2.24) is 0 Å². The van der Waals surface area contributed by atoms with Gasteiger partial charge in [0.15, 0.2) is 0 Å². The average Bonchev–Trinajstić information content (AvgIpc) is 3.60. The van der Waals surface area contributed by atoms with Crippen LogP contribution in [0.25, 0.3) is 22.1 Å². The largest absolute Gasteiger partial charge is 0.468 e. The Balaban J connectivity index is 1.36. The van der Waals surface area contributed by atoms with Gasteiger partial charge in [0.25, 0.3) is 6.71 Å². The molecule has 6 aromatic carbocycles. The summed E-state index contributed by atoms with van der Waals surface area (Å²) in [4.78, 5) is 5.17. The molecule has 10 rings (SSSR count). The molecule has 2 aliphatic heterocycles. The summed E-state index contributed by atoms with van der Waals surface area (Å²) in [7, 11) is 0. The van der Waals surface area contributed by atoms with E-state index < -0.39 is 0 Å². The van der Waals surface area contributed by atoms with Crippen LogP contribution in [0, 0.1) is 20.8 Å². The van der Waals surface area contributed by atoms with Gasteiger partial charge in [0.05, 0.1) is 17.0 Å². The zero-order valence-corrected chi connectivity index (χ0v) is 40.1. The summed E-state index contributed by atoms with van der Waals surface area (Å²) in [5, 5.41) is 1.20. The number of fused-ring (bicyclic) bond motifs is 7. The summed E-state index contributed by atoms with van der Waals surface area (Å²) in [5.74, 6) is 0. The summed E-state index contributed by atoms with van der Waals surface area (Å²) in [5.41, 5.74) is 23.8. The minimum Gasteiger partial charge on any atom is -0.468 e. The molecule has 0 saturated carbocycles. The van der Waals surface area contributed by atoms with Crippen molar-refractivity contribution in [2.24, 2.45) is 0 Å². The lowest BCUT2D eigenvalue weighted by Crippen LogP contribution is -2.61. The number of hydrogen-bond donors (Lipinski definition) is 0. The number of rotatable bonds is 6. The predicted molar refractivity (Wildman–Crippen MR) is 272 cm³/mol. The van der Waals surface area contributed by atoms with Crippen molar-refractivity contribution in [1.29, 1.82) is 0 Å². The van der Waals surface area contributed by atoms with Gasteiger partial charge in [-0.3, -0.25) is 0 Å². The molecule has 3 aliphatic rings. The molecule has 0 saturated heterocycles. The molecule has 63 heavy (non-hydrogen) atoms. The third-order valence-electron chi connectivity index (χ3n) is 15.2. The first-order valence-corrected chi connectivity index (χ1v) is 23.6. The van der Waals surface area contributed by atoms with Crippen molar-refractivity contribution >= 4 is 68.4 Å². The highest BCUT2D eigenvalue weighted by atomic mass is 16.3. The highest BCUT2D eigenvalue weighted by Gasteiger charge is 2.49. The molecular weight excluding hydrogens is 763 g/mol. The van der Waals surface area contributed by atoms with Crippen LogP contribution < -0.4 is 26.4 Å². The van der Waals surface area contributed by atoms with Crippen molar-refractivity contribution in [3.63, 3.8) is 0 Å². The molecule has 0 N–H and O–H groups in total. The van der Waals surface area contributed by atoms with Gasteiger partial charge in [0, 0.05) is 33.7 Å². The Hall–Kier alpha value is -5.48. The Bertz CT molecular complexity index is 2960. The maximum absolute atomic E-state index is 7.62. The molecule has 0 radical (unpaired) electrons. The van der Waals surface area contributed by atoms with E-state index in [2.05, 4.69) is 209 Å². The lowest BCUT2D eigenvalue weighted by atomic mass is 9.35. The van der Waals surface area contributed by atoms with Crippen LogP contribution in [0.3, 0.4) is 0 Å². The van der Waals surface area contributed by atoms with Crippen molar-refractivity contribution in [2.75, 3.05) is 9.80 Å². The lowest BCUT2D eigenvalue weighted by Gasteiger charge is -2.44. The first kappa shape index (κ1) is 41.5. The molecule has 0 amide bonds. The van der Waals surface area contributed by atoms with Crippen molar-refractivity contribution < 1.29 is 4.42 Å². The molecule has 1 aromatic heterocycles. The number of furan rings is 1.